The van der Waals surface area contributed by atoms with Crippen molar-refractivity contribution in [2.45, 2.75) is 194 Å². The van der Waals surface area contributed by atoms with E-state index in [1.54, 1.807) is 6.07 Å². The minimum absolute atomic E-state index is 0.00181. The number of fused-ring (bicyclic) bond motifs is 2. The molecular weight excluding hydrogens is 1610 g/mol. The number of nitrogens with two attached hydrogens (primary N) is 7. The number of carbonyl (C=O) groups is 13. The number of primary amides is 1. The highest BCUT2D eigenvalue weighted by molar-refractivity contribution is 8.76. The van der Waals surface area contributed by atoms with Crippen molar-refractivity contribution in [1.29, 1.82) is 16.2 Å². The number of guanidine groups is 3. The summed E-state index contributed by atoms with van der Waals surface area (Å²) >= 11 is 0. The van der Waals surface area contributed by atoms with Crippen LogP contribution in [-0.4, -0.2) is 245 Å². The Labute approximate surface area is 708 Å². The Morgan fingerprint density at radius 2 is 0.909 bits per heavy atom. The van der Waals surface area contributed by atoms with Gasteiger partial charge in [-0.05, 0) is 174 Å². The number of rotatable bonds is 35. The van der Waals surface area contributed by atoms with E-state index in [-0.39, 0.29) is 166 Å². The Hall–Kier alpha value is -12.0. The van der Waals surface area contributed by atoms with Gasteiger partial charge >= 0.3 is 12.0 Å². The number of aromatic hydroxyl groups is 2. The second-order valence-electron chi connectivity index (χ2n) is 29.4. The molecule has 2 aliphatic rings. The molecule has 41 nitrogen and oxygen atoms in total. The lowest BCUT2D eigenvalue weighted by molar-refractivity contribution is -0.142. The summed E-state index contributed by atoms with van der Waals surface area (Å²) in [4.78, 5) is 192. The summed E-state index contributed by atoms with van der Waals surface area (Å²) < 4.78 is 0. The van der Waals surface area contributed by atoms with Crippen LogP contribution in [0.1, 0.15) is 119 Å². The smallest absolute Gasteiger partial charge is 0.326 e. The van der Waals surface area contributed by atoms with Gasteiger partial charge in [-0.15, -0.1) is 0 Å². The highest BCUT2D eigenvalue weighted by atomic mass is 33.1. The number of phenolic OH excluding ortho intramolecular Hbond substituents is 2. The molecule has 2 saturated heterocycles. The van der Waals surface area contributed by atoms with Crippen molar-refractivity contribution in [3.05, 3.63) is 108 Å². The van der Waals surface area contributed by atoms with Crippen molar-refractivity contribution in [3.8, 4) is 11.5 Å². The molecule has 0 aromatic heterocycles. The van der Waals surface area contributed by atoms with Crippen molar-refractivity contribution < 1.29 is 77.6 Å². The second-order valence-corrected chi connectivity index (χ2v) is 31.9. The van der Waals surface area contributed by atoms with Gasteiger partial charge < -0.3 is 135 Å². The molecule has 12 atom stereocenters. The number of carboxylic acid groups (broad SMARTS) is 1. The van der Waals surface area contributed by atoms with Crippen LogP contribution in [0, 0.1) is 16.2 Å². The predicted molar refractivity (Wildman–Crippen MR) is 456 cm³/mol. The lowest BCUT2D eigenvalue weighted by Crippen LogP contribution is -2.61. The molecule has 0 aliphatic carbocycles. The van der Waals surface area contributed by atoms with Gasteiger partial charge in [-0.2, -0.15) is 0 Å². The van der Waals surface area contributed by atoms with Crippen LogP contribution in [0.5, 0.6) is 11.5 Å². The Balaban J connectivity index is 1.53. The van der Waals surface area contributed by atoms with Crippen LogP contribution in [0.15, 0.2) is 91.0 Å². The van der Waals surface area contributed by atoms with Crippen molar-refractivity contribution in [1.82, 2.24) is 79.3 Å². The molecule has 6 rings (SSSR count). The topological polar surface area (TPSA) is 708 Å². The van der Waals surface area contributed by atoms with Crippen LogP contribution in [0.3, 0.4) is 0 Å². The van der Waals surface area contributed by atoms with Gasteiger partial charge in [-0.25, -0.2) is 9.59 Å². The first-order valence-electron chi connectivity index (χ1n) is 40.1. The minimum atomic E-state index is -1.75. The first-order chi connectivity index (χ1) is 57.8. The molecule has 662 valence electrons. The SMILES string of the molecule is N=C(N)NCCC[C@H](NC(=O)[C@@H]1CSSC[C@H](NC(=O)[C@@H](N)Cc2ccc3ccccc3c2)C(=O)N[C@@H](Cc2ccc(O)cc2)C(=O)N[C@@H](CCCNC(=N)N)C(=O)N[C@@H](CCCCN)C(=O)N[C@H](CCCCN)C(=O)N2CCC[C@H]2C(=O)N[C@@H](Cc2ccc(O)cc2)C(=O)N[C@@H](CCCNC(=N)N)C(=O)N[C@@H](CCCNC(N)=O)C(=O)N1)C(=O)O. The maximum absolute atomic E-state index is 15.3. The van der Waals surface area contributed by atoms with Crippen LogP contribution in [0.25, 0.3) is 10.8 Å². The van der Waals surface area contributed by atoms with Gasteiger partial charge in [-0.3, -0.25) is 69.0 Å². The molecule has 2 fully saturated rings. The van der Waals surface area contributed by atoms with Crippen LogP contribution in [-0.2, 0) is 76.8 Å². The van der Waals surface area contributed by atoms with Gasteiger partial charge in [0.1, 0.15) is 78.0 Å². The molecular formula is C78H117N25O16S2. The van der Waals surface area contributed by atoms with Gasteiger partial charge in [0.25, 0.3) is 0 Å². The number of unbranched alkanes of at least 4 members (excludes halogenated alkanes) is 2. The normalized spacial score (nSPS) is 21.4. The van der Waals surface area contributed by atoms with E-state index in [0.29, 0.717) is 29.5 Å². The van der Waals surface area contributed by atoms with Crippen LogP contribution < -0.4 is 115 Å². The molecule has 43 heteroatoms. The summed E-state index contributed by atoms with van der Waals surface area (Å²) in [5.74, 6) is -14.4. The Bertz CT molecular complexity index is 4190. The molecule has 0 spiro atoms. The third kappa shape index (κ3) is 34.7. The monoisotopic (exact) mass is 1720 g/mol. The number of hydrogen-bond acceptors (Lipinski definition) is 23. The number of hydrogen-bond donors (Lipinski definition) is 27. The maximum atomic E-state index is 15.3. The molecule has 2 aliphatic heterocycles. The lowest BCUT2D eigenvalue weighted by atomic mass is 10.0. The van der Waals surface area contributed by atoms with Crippen molar-refractivity contribution in [3.63, 3.8) is 0 Å². The summed E-state index contributed by atoms with van der Waals surface area (Å²) in [7, 11) is 1.67. The lowest BCUT2D eigenvalue weighted by Gasteiger charge is -2.31. The summed E-state index contributed by atoms with van der Waals surface area (Å²) in [5.41, 5.74) is 42.1. The van der Waals surface area contributed by atoms with Crippen molar-refractivity contribution in [2.24, 2.45) is 40.1 Å². The molecule has 121 heavy (non-hydrogen) atoms. The fraction of sp³-hybridized carbons (Fsp3) is 0.513. The van der Waals surface area contributed by atoms with Crippen molar-refractivity contribution >= 4 is 127 Å². The van der Waals surface area contributed by atoms with E-state index in [1.807, 2.05) is 36.4 Å². The third-order valence-corrected chi connectivity index (χ3v) is 22.3. The standard InChI is InChI=1S/C78H117N25O16S2/c79-31-5-3-14-52-66(109)97-56(15-4-6-32-80)73(116)103-37-11-20-62(103)72(115)100-59(41-45-24-29-50(105)30-25-45)69(112)96-54(17-8-34-90-76(84)85)65(108)94-55(18-9-36-92-78(88)119)67(110)102-61(70(113)98-57(74(117)118)19-10-35-91-77(86)87)43-121-120-42-60(101-63(106)51(81)39-46-21-26-47-12-1-2-13-48(47)38-46)71(114)99-58(40-44-22-27-49(104)28-23-44)68(111)95-53(64(107)93-52)16-7-33-89-75(82)83/h1-2,12-13,21-30,38,51-62,104-105H,3-11,14-20,31-37,39-43,79-81H2,(H,93,107)(H,94,108)(H,95,111)(H,96,112)(H,97,109)(H,98,113)(H,99,114)(H,100,115)(H,101,106)(H,102,110)(H,117,118)(H4,82,83,89)(H4,84,85,90)(H4,86,87,91)(H3,88,92,119)/t51-,52-,53-,54-,55-,56+,57-,58-,59-,60-,61-,62-/m0/s1. The second kappa shape index (κ2) is 51.5. The number of nitrogens with zero attached hydrogens (tertiary/aromatic N) is 1. The summed E-state index contributed by atoms with van der Waals surface area (Å²) in [6.07, 6.45) is -0.244. The molecule has 0 unspecified atom stereocenters. The molecule has 13 amide bonds. The average Bonchev–Trinajstić information content (AvgIpc) is 1.73. The fourth-order valence-electron chi connectivity index (χ4n) is 13.4. The number of aliphatic carboxylic acids is 1. The molecule has 34 N–H and O–H groups in total. The Kier molecular flexibility index (Phi) is 41.7. The molecule has 0 saturated carbocycles. The molecule has 4 aromatic rings. The minimum Gasteiger partial charge on any atom is -0.508 e. The number of carbonyl (C=O) groups excluding carboxylic acids is 12. The Morgan fingerprint density at radius 3 is 1.40 bits per heavy atom. The quantitative estimate of drug-likeness (QED) is 0.00917. The van der Waals surface area contributed by atoms with Crippen molar-refractivity contribution in [2.75, 3.05) is 57.3 Å². The van der Waals surface area contributed by atoms with Gasteiger partial charge in [-0.1, -0.05) is 88.3 Å². The zero-order chi connectivity index (χ0) is 88.5. The number of nitrogens with one attached hydrogen (secondary N) is 17. The highest BCUT2D eigenvalue weighted by Gasteiger charge is 2.42. The summed E-state index contributed by atoms with van der Waals surface area (Å²) in [6, 6.07) is 4.61. The fourth-order valence-corrected chi connectivity index (χ4v) is 15.7. The number of amides is 13. The zero-order valence-corrected chi connectivity index (χ0v) is 69.0. The number of carboxylic acids is 1. The number of urea groups is 1. The average molecular weight is 1730 g/mol. The molecule has 0 bridgehead atoms. The molecule has 2 heterocycles. The first-order valence-corrected chi connectivity index (χ1v) is 42.6. The van der Waals surface area contributed by atoms with E-state index in [4.69, 9.17) is 56.4 Å². The molecule has 0 radical (unpaired) electrons. The van der Waals surface area contributed by atoms with Gasteiger partial charge in [0, 0.05) is 57.1 Å². The van der Waals surface area contributed by atoms with E-state index >= 15 is 43.2 Å². The van der Waals surface area contributed by atoms with Gasteiger partial charge in [0.15, 0.2) is 17.9 Å². The first kappa shape index (κ1) is 97.9. The predicted octanol–water partition coefficient (Wildman–Crippen LogP) is -3.58. The zero-order valence-electron chi connectivity index (χ0n) is 67.3. The van der Waals surface area contributed by atoms with E-state index in [2.05, 4.69) is 74.4 Å². The number of phenols is 2. The van der Waals surface area contributed by atoms with E-state index in [9.17, 15) is 34.5 Å². The third-order valence-electron chi connectivity index (χ3n) is 19.9. The highest BCUT2D eigenvalue weighted by Crippen LogP contribution is 2.26. The van der Waals surface area contributed by atoms with Gasteiger partial charge in [0.2, 0.25) is 65.0 Å². The van der Waals surface area contributed by atoms with E-state index in [0.717, 1.165) is 32.4 Å². The maximum Gasteiger partial charge on any atom is 0.326 e. The molecule has 4 aromatic carbocycles. The largest absolute Gasteiger partial charge is 0.508 e. The van der Waals surface area contributed by atoms with Crippen LogP contribution in [0.4, 0.5) is 4.79 Å². The Morgan fingerprint density at radius 1 is 0.488 bits per heavy atom. The van der Waals surface area contributed by atoms with E-state index < -0.39 is 179 Å². The van der Waals surface area contributed by atoms with Gasteiger partial charge in [0.05, 0.1) is 6.04 Å². The van der Waals surface area contributed by atoms with E-state index in [1.165, 1.54) is 53.4 Å². The number of benzene rings is 4. The van der Waals surface area contributed by atoms with Crippen LogP contribution >= 0.6 is 21.6 Å². The summed E-state index contributed by atoms with van der Waals surface area (Å²) in [6.45, 7) is 0.127. The summed E-state index contributed by atoms with van der Waals surface area (Å²) in [5, 5.41) is 93.2. The van der Waals surface area contributed by atoms with Crippen LogP contribution in [0.2, 0.25) is 0 Å².